The number of rotatable bonds is 2. The molecular formula is C9H14ClN. The van der Waals surface area contributed by atoms with Gasteiger partial charge in [0.15, 0.2) is 0 Å². The van der Waals surface area contributed by atoms with Crippen LogP contribution in [0.5, 0.6) is 0 Å². The summed E-state index contributed by atoms with van der Waals surface area (Å²) in [6, 6.07) is 4.98. The summed E-state index contributed by atoms with van der Waals surface area (Å²) in [6.07, 6.45) is -2.44. The van der Waals surface area contributed by atoms with E-state index in [0.717, 1.165) is 0 Å². The van der Waals surface area contributed by atoms with Gasteiger partial charge in [-0.2, -0.15) is 0 Å². The Morgan fingerprint density at radius 3 is 2.82 bits per heavy atom. The molecule has 0 fully saturated rings. The molecule has 1 atom stereocenters. The van der Waals surface area contributed by atoms with E-state index in [4.69, 9.17) is 14.0 Å². The van der Waals surface area contributed by atoms with Gasteiger partial charge in [0.25, 0.3) is 0 Å². The summed E-state index contributed by atoms with van der Waals surface area (Å²) < 4.78 is 44.4. The minimum absolute atomic E-state index is 0. The van der Waals surface area contributed by atoms with Crippen LogP contribution in [0.3, 0.4) is 0 Å². The zero-order chi connectivity index (χ0) is 12.6. The molecule has 0 radical (unpaired) electrons. The van der Waals surface area contributed by atoms with E-state index in [1.165, 1.54) is 12.1 Å². The third kappa shape index (κ3) is 4.02. The zero-order valence-electron chi connectivity index (χ0n) is 11.9. The Labute approximate surface area is 82.4 Å². The van der Waals surface area contributed by atoms with E-state index < -0.39 is 19.2 Å². The van der Waals surface area contributed by atoms with E-state index in [1.807, 2.05) is 0 Å². The minimum Gasteiger partial charge on any atom is -0.328 e. The highest BCUT2D eigenvalue weighted by molar-refractivity contribution is 5.85. The lowest BCUT2D eigenvalue weighted by Gasteiger charge is -2.02. The Morgan fingerprint density at radius 1 is 1.64 bits per heavy atom. The first-order valence-corrected chi connectivity index (χ1v) is 2.95. The average Bonchev–Trinajstić information content (AvgIpc) is 2.17. The van der Waals surface area contributed by atoms with Crippen molar-refractivity contribution < 1.29 is 8.22 Å². The van der Waals surface area contributed by atoms with Gasteiger partial charge in [0.2, 0.25) is 0 Å². The quantitative estimate of drug-likeness (QED) is 0.735. The molecule has 1 rings (SSSR count). The van der Waals surface area contributed by atoms with Gasteiger partial charge in [0, 0.05) is 14.2 Å². The van der Waals surface area contributed by atoms with Crippen LogP contribution >= 0.6 is 12.4 Å². The van der Waals surface area contributed by atoms with Crippen molar-refractivity contribution in [2.75, 3.05) is 0 Å². The summed E-state index contributed by atoms with van der Waals surface area (Å²) in [7, 11) is 0. The molecule has 0 aromatic heterocycles. The number of nitrogens with two attached hydrogens (primary N) is 1. The van der Waals surface area contributed by atoms with Crippen molar-refractivity contribution in [3.8, 4) is 0 Å². The third-order valence-corrected chi connectivity index (χ3v) is 1.05. The molecule has 11 heavy (non-hydrogen) atoms. The van der Waals surface area contributed by atoms with E-state index in [1.54, 1.807) is 18.2 Å². The first-order chi connectivity index (χ1) is 7.11. The molecule has 0 aliphatic carbocycles. The van der Waals surface area contributed by atoms with Crippen LogP contribution in [0, 0.1) is 0 Å². The topological polar surface area (TPSA) is 26.0 Å². The summed E-state index contributed by atoms with van der Waals surface area (Å²) in [5.41, 5.74) is 5.42. The summed E-state index contributed by atoms with van der Waals surface area (Å²) in [4.78, 5) is 0. The molecular weight excluding hydrogens is 158 g/mol. The molecule has 0 aliphatic rings. The summed E-state index contributed by atoms with van der Waals surface area (Å²) in [6.45, 7) is -2.90. The highest BCUT2D eigenvalue weighted by atomic mass is 35.5. The van der Waals surface area contributed by atoms with E-state index in [9.17, 15) is 0 Å². The van der Waals surface area contributed by atoms with Gasteiger partial charge < -0.3 is 5.73 Å². The molecule has 0 bridgehead atoms. The van der Waals surface area contributed by atoms with Crippen LogP contribution in [0.1, 0.15) is 20.6 Å². The van der Waals surface area contributed by atoms with Gasteiger partial charge >= 0.3 is 0 Å². The van der Waals surface area contributed by atoms with Gasteiger partial charge in [-0.15, -0.1) is 12.4 Å². The smallest absolute Gasteiger partial charge is 0.0463 e. The Hall–Kier alpha value is -0.530. The molecule has 1 aromatic rings. The fourth-order valence-corrected chi connectivity index (χ4v) is 0.677. The molecule has 1 unspecified atom stereocenters. The molecule has 0 saturated heterocycles. The predicted octanol–water partition coefficient (Wildman–Crippen LogP) is 2.00. The summed E-state index contributed by atoms with van der Waals surface area (Å²) >= 11 is 0. The number of benzene rings is 1. The second kappa shape index (κ2) is 5.16. The lowest BCUT2D eigenvalue weighted by atomic mass is 10.1. The molecule has 0 heterocycles. The number of halogens is 1. The second-order valence-corrected chi connectivity index (χ2v) is 1.90. The van der Waals surface area contributed by atoms with Crippen molar-refractivity contribution in [3.63, 3.8) is 0 Å². The van der Waals surface area contributed by atoms with Crippen molar-refractivity contribution >= 4 is 12.4 Å². The van der Waals surface area contributed by atoms with E-state index >= 15 is 0 Å². The van der Waals surface area contributed by atoms with Crippen molar-refractivity contribution in [2.24, 2.45) is 5.73 Å². The normalized spacial score (nSPS) is 25.2. The Kier molecular flexibility index (Phi) is 1.84. The van der Waals surface area contributed by atoms with Crippen LogP contribution in [0.4, 0.5) is 0 Å². The monoisotopic (exact) mass is 177 g/mol. The number of hydrogen-bond acceptors (Lipinski definition) is 1. The number of hydrogen-bond donors (Lipinski definition) is 1. The molecule has 0 amide bonds. The lowest BCUT2D eigenvalue weighted by Crippen LogP contribution is -2.17. The summed E-state index contributed by atoms with van der Waals surface area (Å²) in [5, 5.41) is 0. The zero-order valence-corrected chi connectivity index (χ0v) is 6.69. The highest BCUT2D eigenvalue weighted by Crippen LogP contribution is 2.00. The van der Waals surface area contributed by atoms with Gasteiger partial charge in [-0.3, -0.25) is 0 Å². The molecule has 1 aromatic carbocycles. The Morgan fingerprint density at radius 2 is 2.27 bits per heavy atom. The maximum atomic E-state index is 7.72. The van der Waals surface area contributed by atoms with E-state index in [-0.39, 0.29) is 18.0 Å². The average molecular weight is 178 g/mol. The van der Waals surface area contributed by atoms with Crippen LogP contribution in [-0.4, -0.2) is 6.02 Å². The summed E-state index contributed by atoms with van der Waals surface area (Å²) in [5.74, 6) is 0. The van der Waals surface area contributed by atoms with E-state index in [0.29, 0.717) is 0 Å². The van der Waals surface area contributed by atoms with Crippen molar-refractivity contribution in [1.29, 1.82) is 0 Å². The standard InChI is InChI=1S/C9H13N.ClH/c1-8(10)7-9-5-3-2-4-6-9;/h2-6,8H,7,10H2,1H3;1H/i1D3,7D2,8D;. The molecule has 1 nitrogen and oxygen atoms in total. The second-order valence-electron chi connectivity index (χ2n) is 1.90. The molecule has 0 spiro atoms. The molecule has 0 aliphatic heterocycles. The van der Waals surface area contributed by atoms with E-state index in [2.05, 4.69) is 0 Å². The van der Waals surface area contributed by atoms with Crippen LogP contribution in [0.15, 0.2) is 30.3 Å². The van der Waals surface area contributed by atoms with Crippen molar-refractivity contribution in [3.05, 3.63) is 35.9 Å². The molecule has 2 heteroatoms. The Balaban J connectivity index is 0.00000256. The minimum atomic E-state index is -2.90. The van der Waals surface area contributed by atoms with Gasteiger partial charge in [0.1, 0.15) is 0 Å². The Bertz CT molecular complexity index is 361. The first kappa shape index (κ1) is 3.92. The maximum Gasteiger partial charge on any atom is 0.0463 e. The van der Waals surface area contributed by atoms with Gasteiger partial charge in [0.05, 0.1) is 0 Å². The fraction of sp³-hybridized carbons (Fsp3) is 0.333. The SMILES string of the molecule is Cl.[2H]C([2H])([2H])C([2H])(N)C([2H])([2H])c1ccccc1. The molecule has 0 saturated carbocycles. The lowest BCUT2D eigenvalue weighted by molar-refractivity contribution is 0.738. The molecule has 62 valence electrons. The highest BCUT2D eigenvalue weighted by Gasteiger charge is 1.94. The van der Waals surface area contributed by atoms with Gasteiger partial charge in [-0.1, -0.05) is 30.3 Å². The maximum absolute atomic E-state index is 7.72. The van der Waals surface area contributed by atoms with Crippen molar-refractivity contribution in [1.82, 2.24) is 0 Å². The van der Waals surface area contributed by atoms with Crippen molar-refractivity contribution in [2.45, 2.75) is 19.2 Å². The largest absolute Gasteiger partial charge is 0.328 e. The van der Waals surface area contributed by atoms with Crippen LogP contribution in [0.25, 0.3) is 0 Å². The van der Waals surface area contributed by atoms with Crippen LogP contribution in [-0.2, 0) is 6.37 Å². The van der Waals surface area contributed by atoms with Gasteiger partial charge in [-0.05, 0) is 18.8 Å². The van der Waals surface area contributed by atoms with Crippen LogP contribution < -0.4 is 5.73 Å². The fourth-order valence-electron chi connectivity index (χ4n) is 0.677. The predicted molar refractivity (Wildman–Crippen MR) is 51.0 cm³/mol. The first-order valence-electron chi connectivity index (χ1n) is 5.95. The van der Waals surface area contributed by atoms with Crippen LogP contribution in [0.2, 0.25) is 0 Å². The molecule has 2 N–H and O–H groups in total. The third-order valence-electron chi connectivity index (χ3n) is 1.05. The van der Waals surface area contributed by atoms with Gasteiger partial charge in [-0.25, -0.2) is 0 Å².